The van der Waals surface area contributed by atoms with Crippen LogP contribution in [-0.2, 0) is 0 Å². The predicted octanol–water partition coefficient (Wildman–Crippen LogP) is 3.74. The third-order valence-electron chi connectivity index (χ3n) is 3.10. The molecule has 0 fully saturated rings. The number of benzene rings is 2. The summed E-state index contributed by atoms with van der Waals surface area (Å²) in [6.45, 7) is 0. The normalized spacial score (nSPS) is 10.7. The van der Waals surface area contributed by atoms with Crippen LogP contribution < -0.4 is 0 Å². The maximum absolute atomic E-state index is 13.7. The van der Waals surface area contributed by atoms with E-state index >= 15 is 0 Å². The molecular formula is C16H10FNO2. The quantitative estimate of drug-likeness (QED) is 0.769. The number of para-hydroxylation sites is 1. The number of halogens is 1. The van der Waals surface area contributed by atoms with Gasteiger partial charge >= 0.3 is 5.97 Å². The van der Waals surface area contributed by atoms with E-state index in [1.807, 2.05) is 30.3 Å². The lowest BCUT2D eigenvalue weighted by Crippen LogP contribution is -2.04. The summed E-state index contributed by atoms with van der Waals surface area (Å²) in [5.74, 6) is -2.06. The van der Waals surface area contributed by atoms with Crippen LogP contribution in [0.2, 0.25) is 0 Å². The van der Waals surface area contributed by atoms with E-state index in [0.29, 0.717) is 5.69 Å². The fraction of sp³-hybridized carbons (Fsp3) is 0. The highest BCUT2D eigenvalue weighted by atomic mass is 19.1. The van der Waals surface area contributed by atoms with Crippen molar-refractivity contribution in [1.82, 2.24) is 4.98 Å². The van der Waals surface area contributed by atoms with Crippen LogP contribution in [0.4, 0.5) is 4.39 Å². The molecule has 0 aliphatic heterocycles. The summed E-state index contributed by atoms with van der Waals surface area (Å²) in [4.78, 5) is 15.6. The summed E-state index contributed by atoms with van der Waals surface area (Å²) < 4.78 is 13.7. The second-order valence-electron chi connectivity index (χ2n) is 4.36. The van der Waals surface area contributed by atoms with Crippen LogP contribution in [0.15, 0.2) is 54.6 Å². The molecule has 0 saturated heterocycles. The Kier molecular flexibility index (Phi) is 2.91. The van der Waals surface area contributed by atoms with Gasteiger partial charge in [0.15, 0.2) is 0 Å². The van der Waals surface area contributed by atoms with Gasteiger partial charge in [0.05, 0.1) is 11.2 Å². The minimum atomic E-state index is -1.30. The molecule has 4 heteroatoms. The summed E-state index contributed by atoms with van der Waals surface area (Å²) in [7, 11) is 0. The van der Waals surface area contributed by atoms with Gasteiger partial charge in [-0.1, -0.05) is 36.4 Å². The molecule has 0 radical (unpaired) electrons. The van der Waals surface area contributed by atoms with Gasteiger partial charge in [0.1, 0.15) is 11.4 Å². The average molecular weight is 267 g/mol. The molecule has 3 nitrogen and oxygen atoms in total. The monoisotopic (exact) mass is 267 g/mol. The summed E-state index contributed by atoms with van der Waals surface area (Å²) in [5.41, 5.74) is 1.12. The minimum absolute atomic E-state index is 0.281. The van der Waals surface area contributed by atoms with Gasteiger partial charge in [-0.3, -0.25) is 0 Å². The number of fused-ring (bicyclic) bond motifs is 1. The highest BCUT2D eigenvalue weighted by Gasteiger charge is 2.17. The summed E-state index contributed by atoms with van der Waals surface area (Å²) in [5, 5.41) is 10.1. The van der Waals surface area contributed by atoms with Crippen LogP contribution in [0, 0.1) is 5.82 Å². The van der Waals surface area contributed by atoms with Crippen molar-refractivity contribution in [2.24, 2.45) is 0 Å². The van der Waals surface area contributed by atoms with Crippen molar-refractivity contribution in [3.63, 3.8) is 0 Å². The van der Waals surface area contributed by atoms with Crippen molar-refractivity contribution in [3.8, 4) is 11.3 Å². The fourth-order valence-electron chi connectivity index (χ4n) is 2.17. The van der Waals surface area contributed by atoms with E-state index in [1.54, 1.807) is 12.1 Å². The summed E-state index contributed by atoms with van der Waals surface area (Å²) in [6.07, 6.45) is 0. The molecule has 1 heterocycles. The molecule has 0 aliphatic carbocycles. The molecular weight excluding hydrogens is 257 g/mol. The largest absolute Gasteiger partial charge is 0.478 e. The van der Waals surface area contributed by atoms with E-state index in [2.05, 4.69) is 4.98 Å². The Morgan fingerprint density at radius 1 is 1.00 bits per heavy atom. The second-order valence-corrected chi connectivity index (χ2v) is 4.36. The van der Waals surface area contributed by atoms with Gasteiger partial charge in [-0.15, -0.1) is 0 Å². The molecule has 0 amide bonds. The topological polar surface area (TPSA) is 50.2 Å². The van der Waals surface area contributed by atoms with Crippen molar-refractivity contribution in [3.05, 3.63) is 66.0 Å². The van der Waals surface area contributed by atoms with Crippen molar-refractivity contribution in [2.75, 3.05) is 0 Å². The van der Waals surface area contributed by atoms with Gasteiger partial charge in [-0.2, -0.15) is 0 Å². The maximum atomic E-state index is 13.7. The van der Waals surface area contributed by atoms with E-state index in [4.69, 9.17) is 5.11 Å². The number of nitrogens with zero attached hydrogens (tertiary/aromatic N) is 1. The zero-order chi connectivity index (χ0) is 14.1. The van der Waals surface area contributed by atoms with Crippen molar-refractivity contribution >= 4 is 16.9 Å². The van der Waals surface area contributed by atoms with Crippen molar-refractivity contribution < 1.29 is 14.3 Å². The lowest BCUT2D eigenvalue weighted by atomic mass is 10.0. The third kappa shape index (κ3) is 2.01. The van der Waals surface area contributed by atoms with Gasteiger partial charge < -0.3 is 5.11 Å². The molecule has 1 aromatic heterocycles. The first kappa shape index (κ1) is 12.3. The SMILES string of the molecule is O=C(O)c1c(F)cccc1-c1ccc2ccccc2n1. The summed E-state index contributed by atoms with van der Waals surface area (Å²) >= 11 is 0. The van der Waals surface area contributed by atoms with Gasteiger partial charge in [0.25, 0.3) is 0 Å². The molecule has 3 aromatic rings. The van der Waals surface area contributed by atoms with Crippen LogP contribution in [0.3, 0.4) is 0 Å². The molecule has 0 spiro atoms. The zero-order valence-electron chi connectivity index (χ0n) is 10.4. The van der Waals surface area contributed by atoms with E-state index < -0.39 is 11.8 Å². The molecule has 3 rings (SSSR count). The van der Waals surface area contributed by atoms with E-state index in [0.717, 1.165) is 17.0 Å². The lowest BCUT2D eigenvalue weighted by Gasteiger charge is -2.07. The highest BCUT2D eigenvalue weighted by Crippen LogP contribution is 2.26. The number of carboxylic acid groups (broad SMARTS) is 1. The molecule has 0 saturated carbocycles. The van der Waals surface area contributed by atoms with Gasteiger partial charge in [0, 0.05) is 10.9 Å². The van der Waals surface area contributed by atoms with Crippen LogP contribution in [-0.4, -0.2) is 16.1 Å². The number of carbonyl (C=O) groups is 1. The van der Waals surface area contributed by atoms with Crippen LogP contribution in [0.5, 0.6) is 0 Å². The van der Waals surface area contributed by atoms with Crippen LogP contribution in [0.1, 0.15) is 10.4 Å². The van der Waals surface area contributed by atoms with Crippen LogP contribution in [0.25, 0.3) is 22.2 Å². The molecule has 20 heavy (non-hydrogen) atoms. The molecule has 98 valence electrons. The highest BCUT2D eigenvalue weighted by molar-refractivity contribution is 5.96. The van der Waals surface area contributed by atoms with Gasteiger partial charge in [-0.05, 0) is 18.2 Å². The maximum Gasteiger partial charge on any atom is 0.339 e. The van der Waals surface area contributed by atoms with E-state index in [9.17, 15) is 9.18 Å². The van der Waals surface area contributed by atoms with E-state index in [-0.39, 0.29) is 11.1 Å². The van der Waals surface area contributed by atoms with Gasteiger partial charge in [-0.25, -0.2) is 14.2 Å². The Morgan fingerprint density at radius 3 is 2.60 bits per heavy atom. The lowest BCUT2D eigenvalue weighted by molar-refractivity contribution is 0.0693. The molecule has 2 aromatic carbocycles. The predicted molar refractivity (Wildman–Crippen MR) is 74.1 cm³/mol. The molecule has 0 atom stereocenters. The van der Waals surface area contributed by atoms with Crippen LogP contribution >= 0.6 is 0 Å². The van der Waals surface area contributed by atoms with Gasteiger partial charge in [0.2, 0.25) is 0 Å². The third-order valence-corrected chi connectivity index (χ3v) is 3.10. The molecule has 0 unspecified atom stereocenters. The van der Waals surface area contributed by atoms with Crippen molar-refractivity contribution in [1.29, 1.82) is 0 Å². The first-order valence-corrected chi connectivity index (χ1v) is 6.05. The van der Waals surface area contributed by atoms with E-state index in [1.165, 1.54) is 6.07 Å². The number of hydrogen-bond donors (Lipinski definition) is 1. The Morgan fingerprint density at radius 2 is 1.80 bits per heavy atom. The Bertz CT molecular complexity index is 814. The Labute approximate surface area is 114 Å². The average Bonchev–Trinajstić information content (AvgIpc) is 2.46. The minimum Gasteiger partial charge on any atom is -0.478 e. The number of rotatable bonds is 2. The number of hydrogen-bond acceptors (Lipinski definition) is 2. The van der Waals surface area contributed by atoms with Crippen molar-refractivity contribution in [2.45, 2.75) is 0 Å². The number of pyridine rings is 1. The smallest absolute Gasteiger partial charge is 0.339 e. The first-order valence-electron chi connectivity index (χ1n) is 6.05. The molecule has 1 N–H and O–H groups in total. The number of carboxylic acids is 1. The fourth-order valence-corrected chi connectivity index (χ4v) is 2.17. The first-order chi connectivity index (χ1) is 9.66. The zero-order valence-corrected chi connectivity index (χ0v) is 10.4. The second kappa shape index (κ2) is 4.74. The molecule has 0 aliphatic rings. The standard InChI is InChI=1S/C16H10FNO2/c17-12-6-3-5-11(15(12)16(19)20)14-9-8-10-4-1-2-7-13(10)18-14/h1-9H,(H,19,20). The molecule has 0 bridgehead atoms. The summed E-state index contributed by atoms with van der Waals surface area (Å²) in [6, 6.07) is 15.2. The number of aromatic nitrogens is 1. The Balaban J connectivity index is 2.25. The Hall–Kier alpha value is -2.75. The number of aromatic carboxylic acids is 1.